The number of ether oxygens (including phenoxy) is 1. The highest BCUT2D eigenvalue weighted by Gasteiger charge is 2.33. The summed E-state index contributed by atoms with van der Waals surface area (Å²) in [5.74, 6) is -0.0777. The van der Waals surface area contributed by atoms with Gasteiger partial charge in [0.2, 0.25) is 15.9 Å². The molecule has 1 saturated heterocycles. The fourth-order valence-corrected chi connectivity index (χ4v) is 5.18. The Morgan fingerprint density at radius 3 is 2.69 bits per heavy atom. The van der Waals surface area contributed by atoms with Gasteiger partial charge in [-0.05, 0) is 66.6 Å². The Labute approximate surface area is 186 Å². The minimum absolute atomic E-state index is 0.125. The molecule has 0 bridgehead atoms. The zero-order valence-electron chi connectivity index (χ0n) is 17.6. The van der Waals surface area contributed by atoms with Crippen LogP contribution in [-0.2, 0) is 14.8 Å². The predicted molar refractivity (Wildman–Crippen MR) is 117 cm³/mol. The first-order chi connectivity index (χ1) is 15.5. The quantitative estimate of drug-likeness (QED) is 0.578. The lowest BCUT2D eigenvalue weighted by Gasteiger charge is -2.31. The summed E-state index contributed by atoms with van der Waals surface area (Å²) >= 11 is 0. The zero-order chi connectivity index (χ0) is 22.6. The molecule has 168 valence electrons. The van der Waals surface area contributed by atoms with Gasteiger partial charge in [0.05, 0.1) is 28.8 Å². The van der Waals surface area contributed by atoms with Crippen LogP contribution in [0.3, 0.4) is 0 Å². The third-order valence-electron chi connectivity index (χ3n) is 5.29. The molecule has 32 heavy (non-hydrogen) atoms. The Balaban J connectivity index is 1.46. The smallest absolute Gasteiger partial charge is 0.243 e. The van der Waals surface area contributed by atoms with Gasteiger partial charge in [-0.25, -0.2) is 13.1 Å². The lowest BCUT2D eigenvalue weighted by Crippen LogP contribution is -2.43. The molecule has 11 heteroatoms. The largest absolute Gasteiger partial charge is 0.492 e. The molecule has 1 aromatic heterocycles. The van der Waals surface area contributed by atoms with Crippen molar-refractivity contribution in [1.29, 1.82) is 0 Å². The molecule has 10 nitrogen and oxygen atoms in total. The first-order valence-electron chi connectivity index (χ1n) is 10.4. The van der Waals surface area contributed by atoms with Gasteiger partial charge >= 0.3 is 0 Å². The molecule has 0 radical (unpaired) electrons. The number of anilines is 1. The molecular weight excluding hydrogens is 432 g/mol. The third-order valence-corrected chi connectivity index (χ3v) is 7.17. The van der Waals surface area contributed by atoms with Crippen molar-refractivity contribution in [3.05, 3.63) is 54.9 Å². The van der Waals surface area contributed by atoms with E-state index in [1.54, 1.807) is 24.3 Å². The minimum Gasteiger partial charge on any atom is -0.492 e. The van der Waals surface area contributed by atoms with E-state index in [0.29, 0.717) is 43.1 Å². The molecule has 1 amide bonds. The van der Waals surface area contributed by atoms with E-state index in [-0.39, 0.29) is 17.3 Å². The van der Waals surface area contributed by atoms with Crippen LogP contribution in [0.2, 0.25) is 0 Å². The van der Waals surface area contributed by atoms with Crippen molar-refractivity contribution < 1.29 is 17.9 Å². The molecule has 1 atom stereocenters. The summed E-state index contributed by atoms with van der Waals surface area (Å²) in [6, 6.07) is 13.5. The number of benzene rings is 2. The summed E-state index contributed by atoms with van der Waals surface area (Å²) in [6.07, 6.45) is 2.65. The fourth-order valence-electron chi connectivity index (χ4n) is 3.66. The third kappa shape index (κ3) is 4.63. The van der Waals surface area contributed by atoms with E-state index >= 15 is 0 Å². The Bertz CT molecular complexity index is 1170. The van der Waals surface area contributed by atoms with E-state index < -0.39 is 15.9 Å². The Hall–Kier alpha value is -3.31. The van der Waals surface area contributed by atoms with Crippen molar-refractivity contribution in [2.24, 2.45) is 5.92 Å². The standard InChI is InChI=1S/C21H24N6O4S/c1-2-31-20-8-4-3-7-19(20)23-21(28)16-6-5-13-26(14-16)32(29,30)18-11-9-17(10-12-18)27-15-22-24-25-27/h3-4,7-12,15-16H,2,5-6,13-14H2,1H3,(H,23,28)/t16-/m0/s1. The molecule has 1 fully saturated rings. The van der Waals surface area contributed by atoms with Crippen LogP contribution in [0.25, 0.3) is 5.69 Å². The average Bonchev–Trinajstić information content (AvgIpc) is 3.36. The number of hydrogen-bond donors (Lipinski definition) is 1. The summed E-state index contributed by atoms with van der Waals surface area (Å²) in [6.45, 7) is 2.85. The van der Waals surface area contributed by atoms with Gasteiger partial charge in [0.1, 0.15) is 12.1 Å². The van der Waals surface area contributed by atoms with Crippen molar-refractivity contribution in [2.45, 2.75) is 24.7 Å². The van der Waals surface area contributed by atoms with E-state index in [1.807, 2.05) is 19.1 Å². The van der Waals surface area contributed by atoms with Crippen LogP contribution in [0.1, 0.15) is 19.8 Å². The van der Waals surface area contributed by atoms with Crippen LogP contribution in [0.5, 0.6) is 5.75 Å². The van der Waals surface area contributed by atoms with Crippen molar-refractivity contribution >= 4 is 21.6 Å². The number of carbonyl (C=O) groups excluding carboxylic acids is 1. The molecule has 0 spiro atoms. The lowest BCUT2D eigenvalue weighted by atomic mass is 9.98. The van der Waals surface area contributed by atoms with Gasteiger partial charge < -0.3 is 10.1 Å². The van der Waals surface area contributed by atoms with E-state index in [9.17, 15) is 13.2 Å². The van der Waals surface area contributed by atoms with Crippen molar-refractivity contribution in [2.75, 3.05) is 25.0 Å². The molecular formula is C21H24N6O4S. The number of rotatable bonds is 7. The number of carbonyl (C=O) groups is 1. The number of para-hydroxylation sites is 2. The molecule has 4 rings (SSSR count). The Morgan fingerprint density at radius 2 is 1.97 bits per heavy atom. The van der Waals surface area contributed by atoms with Crippen LogP contribution < -0.4 is 10.1 Å². The molecule has 0 unspecified atom stereocenters. The van der Waals surface area contributed by atoms with Crippen LogP contribution >= 0.6 is 0 Å². The molecule has 0 saturated carbocycles. The first kappa shape index (κ1) is 21.9. The summed E-state index contributed by atoms with van der Waals surface area (Å²) in [7, 11) is -3.74. The SMILES string of the molecule is CCOc1ccccc1NC(=O)[C@H]1CCCN(S(=O)(=O)c2ccc(-n3cnnn3)cc2)C1. The Morgan fingerprint density at radius 1 is 1.19 bits per heavy atom. The summed E-state index contributed by atoms with van der Waals surface area (Å²) < 4.78 is 34.7. The lowest BCUT2D eigenvalue weighted by molar-refractivity contribution is -0.120. The van der Waals surface area contributed by atoms with E-state index in [4.69, 9.17) is 4.74 Å². The highest BCUT2D eigenvalue weighted by molar-refractivity contribution is 7.89. The topological polar surface area (TPSA) is 119 Å². The number of tetrazole rings is 1. The maximum absolute atomic E-state index is 13.2. The van der Waals surface area contributed by atoms with Gasteiger partial charge in [0, 0.05) is 13.1 Å². The molecule has 2 heterocycles. The van der Waals surface area contributed by atoms with Gasteiger partial charge in [0.25, 0.3) is 0 Å². The number of aromatic nitrogens is 4. The average molecular weight is 457 g/mol. The van der Waals surface area contributed by atoms with Crippen molar-refractivity contribution in [1.82, 2.24) is 24.5 Å². The molecule has 2 aromatic carbocycles. The monoisotopic (exact) mass is 456 g/mol. The zero-order valence-corrected chi connectivity index (χ0v) is 18.4. The Kier molecular flexibility index (Phi) is 6.47. The minimum atomic E-state index is -3.74. The van der Waals surface area contributed by atoms with Gasteiger partial charge in [-0.1, -0.05) is 12.1 Å². The van der Waals surface area contributed by atoms with Gasteiger partial charge in [-0.3, -0.25) is 4.79 Å². The van der Waals surface area contributed by atoms with E-state index in [2.05, 4.69) is 20.8 Å². The van der Waals surface area contributed by atoms with E-state index in [1.165, 1.54) is 27.4 Å². The van der Waals surface area contributed by atoms with E-state index in [0.717, 1.165) is 0 Å². The number of piperidine rings is 1. The summed E-state index contributed by atoms with van der Waals surface area (Å²) in [4.78, 5) is 13.1. The van der Waals surface area contributed by atoms with Crippen molar-refractivity contribution in [3.63, 3.8) is 0 Å². The second-order valence-corrected chi connectivity index (χ2v) is 9.31. The molecule has 1 N–H and O–H groups in total. The number of amides is 1. The van der Waals surface area contributed by atoms with Crippen LogP contribution in [0, 0.1) is 5.92 Å². The molecule has 0 aliphatic carbocycles. The van der Waals surface area contributed by atoms with Crippen LogP contribution in [0.15, 0.2) is 59.8 Å². The highest BCUT2D eigenvalue weighted by atomic mass is 32.2. The second kappa shape index (κ2) is 9.45. The fraction of sp³-hybridized carbons (Fsp3) is 0.333. The predicted octanol–water partition coefficient (Wildman–Crippen LogP) is 2.10. The normalized spacial score (nSPS) is 17.1. The highest BCUT2D eigenvalue weighted by Crippen LogP contribution is 2.28. The number of nitrogens with one attached hydrogen (secondary N) is 1. The number of nitrogens with zero attached hydrogens (tertiary/aromatic N) is 5. The van der Waals surface area contributed by atoms with Gasteiger partial charge in [0.15, 0.2) is 0 Å². The van der Waals surface area contributed by atoms with Crippen molar-refractivity contribution in [3.8, 4) is 11.4 Å². The molecule has 1 aliphatic rings. The van der Waals surface area contributed by atoms with Gasteiger partial charge in [-0.15, -0.1) is 5.10 Å². The maximum atomic E-state index is 13.2. The first-order valence-corrected chi connectivity index (χ1v) is 11.8. The second-order valence-electron chi connectivity index (χ2n) is 7.37. The molecule has 3 aromatic rings. The van der Waals surface area contributed by atoms with Crippen LogP contribution in [-0.4, -0.2) is 58.5 Å². The number of sulfonamides is 1. The van der Waals surface area contributed by atoms with Gasteiger partial charge in [-0.2, -0.15) is 4.31 Å². The summed E-state index contributed by atoms with van der Waals surface area (Å²) in [5, 5.41) is 13.8. The van der Waals surface area contributed by atoms with Crippen LogP contribution in [0.4, 0.5) is 5.69 Å². The maximum Gasteiger partial charge on any atom is 0.243 e. The molecule has 1 aliphatic heterocycles. The number of hydrogen-bond acceptors (Lipinski definition) is 7. The summed E-state index contributed by atoms with van der Waals surface area (Å²) in [5.41, 5.74) is 1.23.